The Morgan fingerprint density at radius 3 is 2.20 bits per heavy atom. The lowest BCUT2D eigenvalue weighted by Crippen LogP contribution is -2.46. The van der Waals surface area contributed by atoms with E-state index in [4.69, 9.17) is 11.6 Å². The molecule has 0 aliphatic carbocycles. The number of Topliss-reactive ketones (excluding diaryl/α,β-unsaturated/α-hetero) is 1. The summed E-state index contributed by atoms with van der Waals surface area (Å²) in [4.78, 5) is 45.0. The summed E-state index contributed by atoms with van der Waals surface area (Å²) in [5.41, 5.74) is 3.86. The Labute approximate surface area is 250 Å². The monoisotopic (exact) mass is 577 g/mol. The van der Waals surface area contributed by atoms with Crippen LogP contribution in [0.1, 0.15) is 79.8 Å². The maximum absolute atomic E-state index is 13.8. The number of carbonyl (C=O) groups is 3. The molecule has 41 heavy (non-hydrogen) atoms. The Kier molecular flexibility index (Phi) is 9.50. The van der Waals surface area contributed by atoms with E-state index in [9.17, 15) is 14.4 Å². The summed E-state index contributed by atoms with van der Waals surface area (Å²) in [6, 6.07) is 14.9. The summed E-state index contributed by atoms with van der Waals surface area (Å²) < 4.78 is 0. The normalized spacial score (nSPS) is 23.0. The van der Waals surface area contributed by atoms with Gasteiger partial charge in [0.15, 0.2) is 5.78 Å². The number of halogens is 1. The number of benzene rings is 2. The van der Waals surface area contributed by atoms with E-state index in [1.54, 1.807) is 6.92 Å². The summed E-state index contributed by atoms with van der Waals surface area (Å²) in [5.74, 6) is 0.859. The van der Waals surface area contributed by atoms with E-state index in [1.165, 1.54) is 18.4 Å². The van der Waals surface area contributed by atoms with Crippen molar-refractivity contribution in [1.82, 2.24) is 9.80 Å². The molecule has 3 aliphatic heterocycles. The van der Waals surface area contributed by atoms with Gasteiger partial charge in [-0.2, -0.15) is 0 Å². The van der Waals surface area contributed by atoms with Crippen molar-refractivity contribution in [1.29, 1.82) is 0 Å². The molecule has 0 saturated carbocycles. The number of amides is 2. The van der Waals surface area contributed by atoms with E-state index in [2.05, 4.69) is 4.90 Å². The highest BCUT2D eigenvalue weighted by atomic mass is 35.5. The average molecular weight is 578 g/mol. The van der Waals surface area contributed by atoms with Crippen LogP contribution >= 0.6 is 11.6 Å². The van der Waals surface area contributed by atoms with Crippen LogP contribution in [-0.4, -0.2) is 65.7 Å². The number of likely N-dealkylation sites (tertiary alicyclic amines) is 1. The molecule has 5 rings (SSSR count). The molecule has 0 spiro atoms. The first kappa shape index (κ1) is 29.8. The molecule has 3 fully saturated rings. The molecule has 3 heterocycles. The number of hydrogen-bond donors (Lipinski definition) is 0. The van der Waals surface area contributed by atoms with Crippen molar-refractivity contribution < 1.29 is 14.4 Å². The number of aryl methyl sites for hydroxylation is 2. The minimum Gasteiger partial charge on any atom is -0.343 e. The van der Waals surface area contributed by atoms with Crippen molar-refractivity contribution in [3.8, 4) is 0 Å². The fourth-order valence-electron chi connectivity index (χ4n) is 7.23. The van der Waals surface area contributed by atoms with Gasteiger partial charge in [-0.25, -0.2) is 0 Å². The molecule has 2 aromatic rings. The quantitative estimate of drug-likeness (QED) is 0.321. The van der Waals surface area contributed by atoms with E-state index in [0.717, 1.165) is 42.6 Å². The van der Waals surface area contributed by atoms with Gasteiger partial charge in [0.25, 0.3) is 0 Å². The largest absolute Gasteiger partial charge is 0.343 e. The number of anilines is 1. The molecule has 0 aromatic heterocycles. The molecule has 3 saturated heterocycles. The van der Waals surface area contributed by atoms with Crippen LogP contribution in [0.15, 0.2) is 42.5 Å². The number of piperidine rings is 2. The van der Waals surface area contributed by atoms with Crippen molar-refractivity contribution in [2.75, 3.05) is 31.1 Å². The summed E-state index contributed by atoms with van der Waals surface area (Å²) in [7, 11) is 0. The van der Waals surface area contributed by atoms with Crippen LogP contribution in [0.5, 0.6) is 0 Å². The van der Waals surface area contributed by atoms with Crippen molar-refractivity contribution in [2.45, 2.75) is 84.2 Å². The Balaban J connectivity index is 1.19. The fraction of sp³-hybridized carbons (Fsp3) is 0.559. The van der Waals surface area contributed by atoms with Crippen LogP contribution in [0.2, 0.25) is 5.02 Å². The van der Waals surface area contributed by atoms with Gasteiger partial charge in [-0.3, -0.25) is 19.3 Å². The minimum atomic E-state index is -0.0799. The molecule has 2 atom stereocenters. The molecule has 2 unspecified atom stereocenters. The summed E-state index contributed by atoms with van der Waals surface area (Å²) in [6.45, 7) is 8.50. The van der Waals surface area contributed by atoms with Crippen LogP contribution in [-0.2, 0) is 9.59 Å². The summed E-state index contributed by atoms with van der Waals surface area (Å²) in [6.07, 6.45) is 7.50. The Hall–Kier alpha value is -2.70. The first-order valence-corrected chi connectivity index (χ1v) is 15.8. The van der Waals surface area contributed by atoms with Crippen LogP contribution in [0, 0.1) is 25.7 Å². The van der Waals surface area contributed by atoms with E-state index < -0.39 is 0 Å². The van der Waals surface area contributed by atoms with E-state index >= 15 is 0 Å². The van der Waals surface area contributed by atoms with Gasteiger partial charge in [0.2, 0.25) is 11.8 Å². The summed E-state index contributed by atoms with van der Waals surface area (Å²) >= 11 is 6.49. The topological polar surface area (TPSA) is 60.9 Å². The fourth-order valence-corrected chi connectivity index (χ4v) is 7.40. The molecule has 0 radical (unpaired) electrons. The lowest BCUT2D eigenvalue weighted by molar-refractivity contribution is -0.133. The molecule has 2 amide bonds. The van der Waals surface area contributed by atoms with E-state index in [1.807, 2.05) is 66.1 Å². The van der Waals surface area contributed by atoms with Crippen molar-refractivity contribution >= 4 is 34.9 Å². The van der Waals surface area contributed by atoms with Crippen molar-refractivity contribution in [3.05, 3.63) is 64.2 Å². The smallest absolute Gasteiger partial charge is 0.230 e. The second-order valence-corrected chi connectivity index (χ2v) is 12.9. The maximum atomic E-state index is 13.8. The number of carbonyl (C=O) groups excluding carboxylic acids is 3. The van der Waals surface area contributed by atoms with Crippen molar-refractivity contribution in [3.63, 3.8) is 0 Å². The first-order chi connectivity index (χ1) is 19.7. The van der Waals surface area contributed by atoms with Gasteiger partial charge in [0.1, 0.15) is 0 Å². The molecule has 6 nitrogen and oxygen atoms in total. The van der Waals surface area contributed by atoms with Gasteiger partial charge in [-0.15, -0.1) is 0 Å². The predicted octanol–water partition coefficient (Wildman–Crippen LogP) is 6.45. The number of rotatable bonds is 9. The lowest BCUT2D eigenvalue weighted by atomic mass is 9.85. The van der Waals surface area contributed by atoms with Crippen molar-refractivity contribution in [2.24, 2.45) is 11.8 Å². The van der Waals surface area contributed by atoms with Gasteiger partial charge >= 0.3 is 0 Å². The molecule has 220 valence electrons. The summed E-state index contributed by atoms with van der Waals surface area (Å²) in [5, 5.41) is 0.673. The highest BCUT2D eigenvalue weighted by molar-refractivity contribution is 6.31. The predicted molar refractivity (Wildman–Crippen MR) is 165 cm³/mol. The van der Waals surface area contributed by atoms with Gasteiger partial charge in [-0.1, -0.05) is 47.5 Å². The lowest BCUT2D eigenvalue weighted by Gasteiger charge is -2.39. The zero-order valence-corrected chi connectivity index (χ0v) is 25.5. The van der Waals surface area contributed by atoms with Gasteiger partial charge in [0.05, 0.1) is 0 Å². The number of nitrogens with zero attached hydrogens (tertiary/aromatic N) is 3. The van der Waals surface area contributed by atoms with Crippen LogP contribution in [0.3, 0.4) is 0 Å². The standard InChI is InChI=1S/C34H44ClN3O3/c1-23-5-8-27(9-6-23)33(40)21-26-19-29-11-12-30(20-26)37(29)15-4-16-38(31-10-7-24(2)32(35)22-31)34(41)28-13-17-36(18-14-28)25(3)39/h5-10,22,26,28-30H,4,11-21H2,1-3H3. The zero-order valence-electron chi connectivity index (χ0n) is 24.8. The highest BCUT2D eigenvalue weighted by Crippen LogP contribution is 2.40. The molecular weight excluding hydrogens is 534 g/mol. The minimum absolute atomic E-state index is 0.0796. The molecule has 7 heteroatoms. The maximum Gasteiger partial charge on any atom is 0.230 e. The van der Waals surface area contributed by atoms with Gasteiger partial charge < -0.3 is 9.80 Å². The SMILES string of the molecule is CC(=O)N1CCC(C(=O)N(CCCN2C3CCC2CC(CC(=O)c2ccc(C)cc2)C3)c2ccc(C)c(Cl)c2)CC1. The Bertz CT molecular complexity index is 1240. The Morgan fingerprint density at radius 2 is 1.59 bits per heavy atom. The Morgan fingerprint density at radius 1 is 0.927 bits per heavy atom. The molecular formula is C34H44ClN3O3. The number of hydrogen-bond acceptors (Lipinski definition) is 4. The third-order valence-electron chi connectivity index (χ3n) is 9.65. The number of ketones is 1. The van der Waals surface area contributed by atoms with Crippen LogP contribution < -0.4 is 4.90 Å². The molecule has 2 aromatic carbocycles. The van der Waals surface area contributed by atoms with E-state index in [0.29, 0.717) is 61.9 Å². The third kappa shape index (κ3) is 7.03. The molecule has 0 N–H and O–H groups in total. The number of fused-ring (bicyclic) bond motifs is 2. The molecule has 3 aliphatic rings. The van der Waals surface area contributed by atoms with Gasteiger partial charge in [-0.05, 0) is 82.4 Å². The average Bonchev–Trinajstić information content (AvgIpc) is 3.19. The van der Waals surface area contributed by atoms with E-state index in [-0.39, 0.29) is 23.5 Å². The van der Waals surface area contributed by atoms with Gasteiger partial charge in [0, 0.05) is 73.8 Å². The molecule has 2 bridgehead atoms. The zero-order chi connectivity index (χ0) is 29.1. The second-order valence-electron chi connectivity index (χ2n) is 12.5. The first-order valence-electron chi connectivity index (χ1n) is 15.4. The third-order valence-corrected chi connectivity index (χ3v) is 10.1. The van der Waals surface area contributed by atoms with Crippen LogP contribution in [0.25, 0.3) is 0 Å². The highest BCUT2D eigenvalue weighted by Gasteiger charge is 2.41. The second kappa shape index (κ2) is 13.1. The van der Waals surface area contributed by atoms with Crippen LogP contribution in [0.4, 0.5) is 5.69 Å².